The second-order valence-corrected chi connectivity index (χ2v) is 17.6. The number of rotatable bonds is 6. The summed E-state index contributed by atoms with van der Waals surface area (Å²) in [6.45, 7) is 31.6. The number of hydrogen-bond donors (Lipinski definition) is 2. The SMILES string of the molecule is CC1(C)CC(OP(Oc2ccc(C(C)(C)C)cc2C(C)(C)C)OC2CC(C)(C)NC(C)(C)C2)CC(C)(C)N1. The van der Waals surface area contributed by atoms with Crippen molar-refractivity contribution in [3.8, 4) is 5.75 Å². The highest BCUT2D eigenvalue weighted by molar-refractivity contribution is 7.42. The topological polar surface area (TPSA) is 51.8 Å². The smallest absolute Gasteiger partial charge is 0.397 e. The van der Waals surface area contributed by atoms with Crippen LogP contribution in [0.4, 0.5) is 0 Å². The molecule has 5 nitrogen and oxygen atoms in total. The molecule has 2 fully saturated rings. The standard InChI is InChI=1S/C32H57N2O3P/c1-27(2,3)22-15-16-26(25(17-22)28(4,5)6)37-38(35-23-18-29(7,8)33-30(9,10)19-23)36-24-20-31(11,12)34-32(13,14)21-24/h15-17,23-24,33-34H,18-21H2,1-14H3. The maximum absolute atomic E-state index is 6.83. The van der Waals surface area contributed by atoms with Crippen LogP contribution >= 0.6 is 8.60 Å². The molecule has 0 unspecified atom stereocenters. The summed E-state index contributed by atoms with van der Waals surface area (Å²) in [4.78, 5) is 0. The van der Waals surface area contributed by atoms with Gasteiger partial charge in [0.25, 0.3) is 0 Å². The molecule has 0 radical (unpaired) electrons. The van der Waals surface area contributed by atoms with Crippen molar-refractivity contribution in [2.45, 2.75) is 168 Å². The van der Waals surface area contributed by atoms with Gasteiger partial charge in [0.1, 0.15) is 5.75 Å². The molecule has 0 aliphatic carbocycles. The summed E-state index contributed by atoms with van der Waals surface area (Å²) in [7, 11) is -1.61. The van der Waals surface area contributed by atoms with Gasteiger partial charge >= 0.3 is 8.60 Å². The summed E-state index contributed by atoms with van der Waals surface area (Å²) in [5, 5.41) is 7.55. The van der Waals surface area contributed by atoms with E-state index in [1.807, 2.05) is 0 Å². The zero-order chi connectivity index (χ0) is 28.9. The van der Waals surface area contributed by atoms with Gasteiger partial charge in [-0.1, -0.05) is 53.7 Å². The number of nitrogens with one attached hydrogen (secondary N) is 2. The summed E-state index contributed by atoms with van der Waals surface area (Å²) in [6.07, 6.45) is 3.78. The second-order valence-electron chi connectivity index (χ2n) is 16.6. The van der Waals surface area contributed by atoms with E-state index in [2.05, 4.69) is 126 Å². The normalized spacial score (nSPS) is 24.0. The van der Waals surface area contributed by atoms with E-state index in [9.17, 15) is 0 Å². The van der Waals surface area contributed by atoms with E-state index in [0.717, 1.165) is 31.4 Å². The third kappa shape index (κ3) is 8.90. The highest BCUT2D eigenvalue weighted by atomic mass is 31.2. The first-order valence-corrected chi connectivity index (χ1v) is 15.6. The molecular weight excluding hydrogens is 491 g/mol. The van der Waals surface area contributed by atoms with Gasteiger partial charge in [-0.05, 0) is 104 Å². The Morgan fingerprint density at radius 3 is 1.39 bits per heavy atom. The number of piperidine rings is 2. The van der Waals surface area contributed by atoms with E-state index in [1.165, 1.54) is 11.1 Å². The van der Waals surface area contributed by atoms with Crippen molar-refractivity contribution < 1.29 is 13.6 Å². The molecule has 2 heterocycles. The van der Waals surface area contributed by atoms with Crippen LogP contribution in [0.25, 0.3) is 0 Å². The Bertz CT molecular complexity index is 900. The Morgan fingerprint density at radius 2 is 1.05 bits per heavy atom. The third-order valence-electron chi connectivity index (χ3n) is 7.60. The van der Waals surface area contributed by atoms with Crippen molar-refractivity contribution in [1.82, 2.24) is 10.6 Å². The predicted molar refractivity (Wildman–Crippen MR) is 162 cm³/mol. The second kappa shape index (κ2) is 10.6. The van der Waals surface area contributed by atoms with Crippen molar-refractivity contribution in [2.24, 2.45) is 0 Å². The van der Waals surface area contributed by atoms with Crippen molar-refractivity contribution in [1.29, 1.82) is 0 Å². The quantitative estimate of drug-likeness (QED) is 0.349. The lowest BCUT2D eigenvalue weighted by molar-refractivity contribution is 0.0131. The van der Waals surface area contributed by atoms with Gasteiger partial charge in [0.05, 0.1) is 12.2 Å². The van der Waals surface area contributed by atoms with Crippen LogP contribution in [0, 0.1) is 0 Å². The molecule has 2 aliphatic heterocycles. The largest absolute Gasteiger partial charge is 0.426 e. The lowest BCUT2D eigenvalue weighted by Crippen LogP contribution is -2.59. The van der Waals surface area contributed by atoms with E-state index in [-0.39, 0.29) is 45.2 Å². The molecule has 6 heteroatoms. The molecular formula is C32H57N2O3P. The molecule has 0 amide bonds. The summed E-state index contributed by atoms with van der Waals surface area (Å²) in [5.41, 5.74) is 2.43. The summed E-state index contributed by atoms with van der Waals surface area (Å²) in [5.74, 6) is 0.872. The van der Waals surface area contributed by atoms with Crippen molar-refractivity contribution in [2.75, 3.05) is 0 Å². The average molecular weight is 549 g/mol. The van der Waals surface area contributed by atoms with Crippen LogP contribution in [-0.2, 0) is 19.9 Å². The van der Waals surface area contributed by atoms with Gasteiger partial charge in [-0.3, -0.25) is 9.05 Å². The Balaban J connectivity index is 1.95. The summed E-state index contributed by atoms with van der Waals surface area (Å²) >= 11 is 0. The van der Waals surface area contributed by atoms with E-state index in [1.54, 1.807) is 0 Å². The molecule has 2 aliphatic rings. The minimum absolute atomic E-state index is 0.0168. The fourth-order valence-corrected chi connectivity index (χ4v) is 7.90. The molecule has 218 valence electrons. The molecule has 3 rings (SSSR count). The van der Waals surface area contributed by atoms with Gasteiger partial charge in [0, 0.05) is 27.7 Å². The maximum atomic E-state index is 6.83. The molecule has 0 saturated carbocycles. The number of benzene rings is 1. The fourth-order valence-electron chi connectivity index (χ4n) is 6.66. The lowest BCUT2D eigenvalue weighted by atomic mass is 9.80. The van der Waals surface area contributed by atoms with Crippen molar-refractivity contribution in [3.63, 3.8) is 0 Å². The summed E-state index contributed by atoms with van der Waals surface area (Å²) in [6, 6.07) is 6.65. The maximum Gasteiger partial charge on any atom is 0.397 e. The van der Waals surface area contributed by atoms with Gasteiger partial charge in [-0.15, -0.1) is 0 Å². The van der Waals surface area contributed by atoms with Gasteiger partial charge in [-0.25, -0.2) is 0 Å². The molecule has 0 bridgehead atoms. The Morgan fingerprint density at radius 1 is 0.658 bits per heavy atom. The van der Waals surface area contributed by atoms with Crippen molar-refractivity contribution in [3.05, 3.63) is 29.3 Å². The first-order chi connectivity index (χ1) is 17.0. The van der Waals surface area contributed by atoms with E-state index in [4.69, 9.17) is 13.6 Å². The van der Waals surface area contributed by atoms with Crippen LogP contribution in [0.3, 0.4) is 0 Å². The van der Waals surface area contributed by atoms with Gasteiger partial charge in [-0.2, -0.15) is 0 Å². The fraction of sp³-hybridized carbons (Fsp3) is 0.812. The van der Waals surface area contributed by atoms with Crippen LogP contribution in [0.15, 0.2) is 18.2 Å². The Hall–Kier alpha value is -0.710. The van der Waals surface area contributed by atoms with Crippen LogP contribution in [0.1, 0.15) is 134 Å². The molecule has 0 aromatic heterocycles. The Labute approximate surface area is 235 Å². The molecule has 0 spiro atoms. The Kier molecular flexibility index (Phi) is 8.88. The van der Waals surface area contributed by atoms with Gasteiger partial charge in [0.15, 0.2) is 0 Å². The minimum atomic E-state index is -1.61. The van der Waals surface area contributed by atoms with E-state index >= 15 is 0 Å². The third-order valence-corrected chi connectivity index (χ3v) is 8.89. The number of hydrogen-bond acceptors (Lipinski definition) is 5. The molecule has 2 saturated heterocycles. The van der Waals surface area contributed by atoms with Crippen LogP contribution in [0.2, 0.25) is 0 Å². The lowest BCUT2D eigenvalue weighted by Gasteiger charge is -2.48. The minimum Gasteiger partial charge on any atom is -0.426 e. The molecule has 1 aromatic carbocycles. The predicted octanol–water partition coefficient (Wildman–Crippen LogP) is 8.54. The molecule has 38 heavy (non-hydrogen) atoms. The van der Waals surface area contributed by atoms with Gasteiger partial charge in [0.2, 0.25) is 0 Å². The molecule has 1 aromatic rings. The zero-order valence-electron chi connectivity index (χ0n) is 26.9. The first-order valence-electron chi connectivity index (χ1n) is 14.5. The van der Waals surface area contributed by atoms with Crippen LogP contribution in [-0.4, -0.2) is 34.4 Å². The molecule has 2 N–H and O–H groups in total. The van der Waals surface area contributed by atoms with Crippen LogP contribution in [0.5, 0.6) is 5.75 Å². The monoisotopic (exact) mass is 548 g/mol. The highest BCUT2D eigenvalue weighted by Crippen LogP contribution is 2.50. The average Bonchev–Trinajstić information content (AvgIpc) is 2.61. The van der Waals surface area contributed by atoms with Gasteiger partial charge < -0.3 is 15.2 Å². The first kappa shape index (κ1) is 31.8. The van der Waals surface area contributed by atoms with E-state index in [0.29, 0.717) is 0 Å². The van der Waals surface area contributed by atoms with Crippen LogP contribution < -0.4 is 15.2 Å². The highest BCUT2D eigenvalue weighted by Gasteiger charge is 2.43. The van der Waals surface area contributed by atoms with Crippen molar-refractivity contribution >= 4 is 8.60 Å². The summed E-state index contributed by atoms with van der Waals surface area (Å²) < 4.78 is 20.5. The zero-order valence-corrected chi connectivity index (χ0v) is 27.8. The van der Waals surface area contributed by atoms with E-state index < -0.39 is 8.60 Å². The molecule has 0 atom stereocenters.